The topological polar surface area (TPSA) is 106 Å². The standard InChI is InChI=1S/C19H19BrN4O4/c1-12-6-14(10-26-2)15(8-21)19(23-12)28-11-18(25)24-22-9-13-4-5-17(27-3)16(20)7-13/h4-7,9H,10-11H2,1-3H3,(H,24,25). The third kappa shape index (κ3) is 5.77. The molecule has 0 aliphatic heterocycles. The van der Waals surface area contributed by atoms with Gasteiger partial charge in [0.2, 0.25) is 5.88 Å². The molecule has 1 aromatic carbocycles. The monoisotopic (exact) mass is 446 g/mol. The predicted octanol–water partition coefficient (Wildman–Crippen LogP) is 2.71. The van der Waals surface area contributed by atoms with Crippen molar-refractivity contribution in [3.63, 3.8) is 0 Å². The summed E-state index contributed by atoms with van der Waals surface area (Å²) in [5.41, 5.74) is 4.68. The molecule has 2 aromatic rings. The van der Waals surface area contributed by atoms with Gasteiger partial charge >= 0.3 is 0 Å². The number of hydrazone groups is 1. The van der Waals surface area contributed by atoms with E-state index >= 15 is 0 Å². The van der Waals surface area contributed by atoms with Gasteiger partial charge in [0.05, 0.1) is 24.4 Å². The van der Waals surface area contributed by atoms with Crippen LogP contribution in [0, 0.1) is 18.3 Å². The van der Waals surface area contributed by atoms with E-state index in [2.05, 4.69) is 31.4 Å². The fraction of sp³-hybridized carbons (Fsp3) is 0.263. The largest absolute Gasteiger partial charge is 0.496 e. The summed E-state index contributed by atoms with van der Waals surface area (Å²) in [4.78, 5) is 16.1. The van der Waals surface area contributed by atoms with Crippen LogP contribution in [0.3, 0.4) is 0 Å². The summed E-state index contributed by atoms with van der Waals surface area (Å²) in [6.07, 6.45) is 1.49. The molecule has 0 spiro atoms. The van der Waals surface area contributed by atoms with Crippen molar-refractivity contribution in [2.45, 2.75) is 13.5 Å². The van der Waals surface area contributed by atoms with Gasteiger partial charge in [-0.25, -0.2) is 10.4 Å². The molecule has 0 radical (unpaired) electrons. The first-order valence-electron chi connectivity index (χ1n) is 8.16. The lowest BCUT2D eigenvalue weighted by molar-refractivity contribution is -0.123. The molecule has 146 valence electrons. The molecule has 0 unspecified atom stereocenters. The van der Waals surface area contributed by atoms with Gasteiger partial charge in [-0.05, 0) is 52.7 Å². The number of ether oxygens (including phenoxy) is 3. The first kappa shape index (κ1) is 21.3. The molecular formula is C19H19BrN4O4. The summed E-state index contributed by atoms with van der Waals surface area (Å²) in [5.74, 6) is 0.304. The molecule has 1 N–H and O–H groups in total. The second kappa shape index (κ2) is 10.4. The Morgan fingerprint density at radius 1 is 1.39 bits per heavy atom. The molecule has 0 bridgehead atoms. The van der Waals surface area contributed by atoms with Crippen LogP contribution in [-0.4, -0.2) is 37.9 Å². The fourth-order valence-corrected chi connectivity index (χ4v) is 2.87. The Balaban J connectivity index is 1.97. The number of hydrogen-bond donors (Lipinski definition) is 1. The Hall–Kier alpha value is -2.96. The van der Waals surface area contributed by atoms with Gasteiger partial charge in [-0.3, -0.25) is 4.79 Å². The zero-order valence-electron chi connectivity index (χ0n) is 15.7. The number of nitriles is 1. The quantitative estimate of drug-likeness (QED) is 0.493. The third-order valence-corrected chi connectivity index (χ3v) is 4.15. The van der Waals surface area contributed by atoms with Crippen molar-refractivity contribution in [1.29, 1.82) is 5.26 Å². The van der Waals surface area contributed by atoms with E-state index < -0.39 is 5.91 Å². The first-order valence-corrected chi connectivity index (χ1v) is 8.95. The minimum atomic E-state index is -0.482. The molecule has 0 aliphatic carbocycles. The van der Waals surface area contributed by atoms with Gasteiger partial charge < -0.3 is 14.2 Å². The van der Waals surface area contributed by atoms with Crippen LogP contribution in [0.4, 0.5) is 0 Å². The smallest absolute Gasteiger partial charge is 0.278 e. The number of amides is 1. The predicted molar refractivity (Wildman–Crippen MR) is 106 cm³/mol. The number of aryl methyl sites for hydroxylation is 1. The average molecular weight is 447 g/mol. The summed E-state index contributed by atoms with van der Waals surface area (Å²) in [7, 11) is 3.11. The van der Waals surface area contributed by atoms with Crippen LogP contribution < -0.4 is 14.9 Å². The summed E-state index contributed by atoms with van der Waals surface area (Å²) < 4.78 is 16.4. The molecule has 0 aliphatic rings. The number of hydrogen-bond acceptors (Lipinski definition) is 7. The van der Waals surface area contributed by atoms with Crippen LogP contribution >= 0.6 is 15.9 Å². The third-order valence-electron chi connectivity index (χ3n) is 3.53. The molecule has 28 heavy (non-hydrogen) atoms. The average Bonchev–Trinajstić information content (AvgIpc) is 2.66. The molecule has 0 atom stereocenters. The second-order valence-electron chi connectivity index (χ2n) is 5.62. The number of aromatic nitrogens is 1. The second-order valence-corrected chi connectivity index (χ2v) is 6.48. The van der Waals surface area contributed by atoms with Gasteiger partial charge in [-0.15, -0.1) is 0 Å². The Morgan fingerprint density at radius 2 is 2.18 bits per heavy atom. The van der Waals surface area contributed by atoms with Crippen molar-refractivity contribution in [3.8, 4) is 17.7 Å². The number of halogens is 1. The van der Waals surface area contributed by atoms with E-state index in [9.17, 15) is 10.1 Å². The minimum absolute atomic E-state index is 0.0905. The lowest BCUT2D eigenvalue weighted by Gasteiger charge is -2.10. The molecule has 1 amide bonds. The van der Waals surface area contributed by atoms with Crippen molar-refractivity contribution in [3.05, 3.63) is 51.1 Å². The van der Waals surface area contributed by atoms with Crippen molar-refractivity contribution < 1.29 is 19.0 Å². The van der Waals surface area contributed by atoms with E-state index in [1.165, 1.54) is 13.3 Å². The Labute approximate surface area is 171 Å². The Bertz CT molecular complexity index is 925. The van der Waals surface area contributed by atoms with Crippen molar-refractivity contribution in [2.24, 2.45) is 5.10 Å². The van der Waals surface area contributed by atoms with Crippen LogP contribution in [-0.2, 0) is 16.1 Å². The summed E-state index contributed by atoms with van der Waals surface area (Å²) in [6, 6.07) is 9.15. The van der Waals surface area contributed by atoms with Crippen molar-refractivity contribution >= 4 is 28.1 Å². The lowest BCUT2D eigenvalue weighted by atomic mass is 10.1. The molecule has 1 aromatic heterocycles. The fourth-order valence-electron chi connectivity index (χ4n) is 2.31. The number of rotatable bonds is 8. The highest BCUT2D eigenvalue weighted by atomic mass is 79.9. The highest BCUT2D eigenvalue weighted by Crippen LogP contribution is 2.25. The van der Waals surface area contributed by atoms with Crippen LogP contribution in [0.2, 0.25) is 0 Å². The van der Waals surface area contributed by atoms with Gasteiger partial charge in [-0.1, -0.05) is 0 Å². The number of nitrogens with zero attached hydrogens (tertiary/aromatic N) is 3. The van der Waals surface area contributed by atoms with E-state index in [1.807, 2.05) is 6.07 Å². The number of methoxy groups -OCH3 is 2. The number of pyridine rings is 1. The summed E-state index contributed by atoms with van der Waals surface area (Å²) in [6.45, 7) is 1.68. The van der Waals surface area contributed by atoms with E-state index in [4.69, 9.17) is 14.2 Å². The maximum absolute atomic E-state index is 12.0. The molecule has 8 nitrogen and oxygen atoms in total. The zero-order chi connectivity index (χ0) is 20.5. The summed E-state index contributed by atoms with van der Waals surface area (Å²) >= 11 is 3.38. The van der Waals surface area contributed by atoms with E-state index in [1.54, 1.807) is 38.3 Å². The Kier molecular flexibility index (Phi) is 7.92. The molecule has 9 heteroatoms. The highest BCUT2D eigenvalue weighted by molar-refractivity contribution is 9.10. The summed E-state index contributed by atoms with van der Waals surface area (Å²) in [5, 5.41) is 13.2. The van der Waals surface area contributed by atoms with Crippen LogP contribution in [0.1, 0.15) is 22.4 Å². The van der Waals surface area contributed by atoms with Crippen molar-refractivity contribution in [2.75, 3.05) is 20.8 Å². The maximum atomic E-state index is 12.0. The van der Waals surface area contributed by atoms with Gasteiger partial charge in [0.25, 0.3) is 5.91 Å². The molecule has 1 heterocycles. The van der Waals surface area contributed by atoms with Crippen LogP contribution in [0.5, 0.6) is 11.6 Å². The Morgan fingerprint density at radius 3 is 2.82 bits per heavy atom. The van der Waals surface area contributed by atoms with Gasteiger partial charge in [0.1, 0.15) is 17.4 Å². The van der Waals surface area contributed by atoms with Gasteiger partial charge in [-0.2, -0.15) is 10.4 Å². The van der Waals surface area contributed by atoms with Crippen LogP contribution in [0.15, 0.2) is 33.8 Å². The van der Waals surface area contributed by atoms with Gasteiger partial charge in [0.15, 0.2) is 6.61 Å². The highest BCUT2D eigenvalue weighted by Gasteiger charge is 2.14. The van der Waals surface area contributed by atoms with E-state index in [-0.39, 0.29) is 24.7 Å². The number of benzene rings is 1. The lowest BCUT2D eigenvalue weighted by Crippen LogP contribution is -2.25. The van der Waals surface area contributed by atoms with E-state index in [0.717, 1.165) is 10.0 Å². The normalized spacial score (nSPS) is 10.5. The van der Waals surface area contributed by atoms with E-state index in [0.29, 0.717) is 17.0 Å². The molecule has 0 fully saturated rings. The van der Waals surface area contributed by atoms with Crippen molar-refractivity contribution in [1.82, 2.24) is 10.4 Å². The molecule has 0 saturated carbocycles. The molecule has 2 rings (SSSR count). The minimum Gasteiger partial charge on any atom is -0.496 e. The number of carbonyl (C=O) groups excluding carboxylic acids is 1. The number of carbonyl (C=O) groups is 1. The van der Waals surface area contributed by atoms with Crippen LogP contribution in [0.25, 0.3) is 0 Å². The maximum Gasteiger partial charge on any atom is 0.278 e. The zero-order valence-corrected chi connectivity index (χ0v) is 17.2. The van der Waals surface area contributed by atoms with Gasteiger partial charge in [0, 0.05) is 18.4 Å². The first-order chi connectivity index (χ1) is 13.5. The number of nitrogens with one attached hydrogen (secondary N) is 1. The SMILES string of the molecule is COCc1cc(C)nc(OCC(=O)NN=Cc2ccc(OC)c(Br)c2)c1C#N. The molecule has 0 saturated heterocycles. The molecular weight excluding hydrogens is 428 g/mol.